The summed E-state index contributed by atoms with van der Waals surface area (Å²) in [4.78, 5) is 0. The summed E-state index contributed by atoms with van der Waals surface area (Å²) in [5, 5.41) is 2.59. The van der Waals surface area contributed by atoms with E-state index in [0.717, 1.165) is 0 Å². The predicted molar refractivity (Wildman–Crippen MR) is 161 cm³/mol. The van der Waals surface area contributed by atoms with Crippen LogP contribution in [0.1, 0.15) is 5.56 Å². The van der Waals surface area contributed by atoms with E-state index in [1.807, 2.05) is 0 Å². The zero-order chi connectivity index (χ0) is 25.2. The van der Waals surface area contributed by atoms with Crippen molar-refractivity contribution in [3.63, 3.8) is 0 Å². The molecule has 0 fully saturated rings. The molecule has 0 amide bonds. The normalized spacial score (nSPS) is 11.8. The van der Waals surface area contributed by atoms with Crippen molar-refractivity contribution in [1.82, 2.24) is 4.57 Å². The molecule has 1 heteroatoms. The molecule has 0 radical (unpaired) electrons. The number of hydrogen-bond acceptors (Lipinski definition) is 0. The highest BCUT2D eigenvalue weighted by atomic mass is 15.0. The van der Waals surface area contributed by atoms with E-state index in [1.54, 1.807) is 0 Å². The van der Waals surface area contributed by atoms with Crippen molar-refractivity contribution in [1.29, 1.82) is 0 Å². The van der Waals surface area contributed by atoms with Gasteiger partial charge in [0.1, 0.15) is 0 Å². The Labute approximate surface area is 222 Å². The van der Waals surface area contributed by atoms with Crippen LogP contribution in [0.4, 0.5) is 0 Å². The molecule has 0 N–H and O–H groups in total. The molecular weight excluding hydrogens is 458 g/mol. The first-order chi connectivity index (χ1) is 18.8. The number of hydrogen-bond donors (Lipinski definition) is 0. The Morgan fingerprint density at radius 1 is 0.368 bits per heavy atom. The Morgan fingerprint density at radius 3 is 1.45 bits per heavy atom. The minimum absolute atomic E-state index is 1.18. The number of fused-ring (bicyclic) bond motifs is 11. The summed E-state index contributed by atoms with van der Waals surface area (Å²) in [5.74, 6) is 0. The maximum absolute atomic E-state index is 2.42. The monoisotopic (exact) mass is 483 g/mol. The number of benzene rings is 6. The Morgan fingerprint density at radius 2 is 0.842 bits per heavy atom. The summed E-state index contributed by atoms with van der Waals surface area (Å²) in [5.41, 5.74) is 15.1. The molecule has 0 bridgehead atoms. The van der Waals surface area contributed by atoms with Crippen molar-refractivity contribution < 1.29 is 0 Å². The lowest BCUT2D eigenvalue weighted by atomic mass is 9.81. The third kappa shape index (κ3) is 2.99. The first kappa shape index (κ1) is 21.2. The molecule has 38 heavy (non-hydrogen) atoms. The van der Waals surface area contributed by atoms with Crippen LogP contribution in [0.25, 0.3) is 72.0 Å². The van der Waals surface area contributed by atoms with Crippen LogP contribution in [0.5, 0.6) is 0 Å². The number of rotatable bonds is 1. The lowest BCUT2D eigenvalue weighted by Crippen LogP contribution is -1.99. The lowest BCUT2D eigenvalue weighted by Gasteiger charge is -2.23. The lowest BCUT2D eigenvalue weighted by molar-refractivity contribution is 1.18. The molecule has 0 spiro atoms. The maximum Gasteiger partial charge on any atom is 0.0541 e. The fourth-order valence-electron chi connectivity index (χ4n) is 6.35. The van der Waals surface area contributed by atoms with Gasteiger partial charge in [-0.1, -0.05) is 109 Å². The Balaban J connectivity index is 1.49. The quantitative estimate of drug-likeness (QED) is 0.219. The van der Waals surface area contributed by atoms with Gasteiger partial charge in [-0.2, -0.15) is 0 Å². The highest BCUT2D eigenvalue weighted by Crippen LogP contribution is 2.48. The summed E-state index contributed by atoms with van der Waals surface area (Å²) < 4.78 is 2.42. The van der Waals surface area contributed by atoms with Crippen LogP contribution >= 0.6 is 0 Å². The maximum atomic E-state index is 2.42. The van der Waals surface area contributed by atoms with Crippen LogP contribution < -0.4 is 0 Å². The summed E-state index contributed by atoms with van der Waals surface area (Å²) in [7, 11) is 0. The number of nitrogens with zero attached hydrogens (tertiary/aromatic N) is 1. The first-order valence-corrected chi connectivity index (χ1v) is 13.2. The van der Waals surface area contributed by atoms with E-state index in [9.17, 15) is 0 Å². The second-order valence-electron chi connectivity index (χ2n) is 10.2. The molecule has 8 rings (SSSR count). The van der Waals surface area contributed by atoms with Gasteiger partial charge in [0, 0.05) is 16.5 Å². The highest BCUT2D eigenvalue weighted by Gasteiger charge is 2.22. The van der Waals surface area contributed by atoms with Crippen LogP contribution in [-0.2, 0) is 0 Å². The summed E-state index contributed by atoms with van der Waals surface area (Å²) in [6.07, 6.45) is 0. The smallest absolute Gasteiger partial charge is 0.0541 e. The van der Waals surface area contributed by atoms with Crippen molar-refractivity contribution in [3.05, 3.63) is 139 Å². The van der Waals surface area contributed by atoms with Crippen LogP contribution in [-0.4, -0.2) is 4.57 Å². The zero-order valence-corrected chi connectivity index (χ0v) is 21.1. The molecule has 0 aliphatic heterocycles. The van der Waals surface area contributed by atoms with Gasteiger partial charge in [0.25, 0.3) is 0 Å². The summed E-state index contributed by atoms with van der Waals surface area (Å²) >= 11 is 0. The van der Waals surface area contributed by atoms with Gasteiger partial charge in [-0.3, -0.25) is 0 Å². The largest absolute Gasteiger partial charge is 0.309 e. The Bertz CT molecular complexity index is 2030. The van der Waals surface area contributed by atoms with Gasteiger partial charge >= 0.3 is 0 Å². The minimum atomic E-state index is 1.18. The van der Waals surface area contributed by atoms with Crippen LogP contribution in [0.15, 0.2) is 133 Å². The zero-order valence-electron chi connectivity index (χ0n) is 21.1. The van der Waals surface area contributed by atoms with Gasteiger partial charge in [0.2, 0.25) is 0 Å². The van der Waals surface area contributed by atoms with E-state index in [1.165, 1.54) is 77.6 Å². The molecule has 1 aliphatic carbocycles. The molecule has 7 aromatic rings. The predicted octanol–water partition coefficient (Wildman–Crippen LogP) is 10.1. The van der Waals surface area contributed by atoms with E-state index < -0.39 is 0 Å². The molecule has 1 aliphatic rings. The standard InChI is InChI=1S/C37H25N/c1-24-18-21-37-35(22-24)33-16-8-9-17-36(33)38(37)25-19-20-32-30-14-5-4-12-28(30)26-10-2-3-11-27(26)29-13-6-7-15-31(29)34(32)23-25/h2-23H,1H3. The molecule has 178 valence electrons. The van der Waals surface area contributed by atoms with Crippen molar-refractivity contribution >= 4 is 21.8 Å². The summed E-state index contributed by atoms with van der Waals surface area (Å²) in [6.45, 7) is 2.17. The number of aromatic nitrogens is 1. The third-order valence-corrected chi connectivity index (χ3v) is 8.03. The Kier molecular flexibility index (Phi) is 4.50. The van der Waals surface area contributed by atoms with Crippen LogP contribution in [0.2, 0.25) is 0 Å². The number of aryl methyl sites for hydroxylation is 1. The van der Waals surface area contributed by atoms with Crippen molar-refractivity contribution in [2.24, 2.45) is 0 Å². The summed E-state index contributed by atoms with van der Waals surface area (Å²) in [6, 6.07) is 49.0. The van der Waals surface area contributed by atoms with Gasteiger partial charge in [0.15, 0.2) is 0 Å². The molecule has 0 saturated carbocycles. The van der Waals surface area contributed by atoms with Crippen LogP contribution in [0.3, 0.4) is 0 Å². The van der Waals surface area contributed by atoms with Gasteiger partial charge in [0.05, 0.1) is 11.0 Å². The van der Waals surface area contributed by atoms with Crippen molar-refractivity contribution in [3.8, 4) is 50.2 Å². The minimum Gasteiger partial charge on any atom is -0.309 e. The fourth-order valence-corrected chi connectivity index (χ4v) is 6.35. The van der Waals surface area contributed by atoms with Gasteiger partial charge in [-0.05, 0) is 81.8 Å². The molecule has 0 atom stereocenters. The third-order valence-electron chi connectivity index (χ3n) is 8.03. The van der Waals surface area contributed by atoms with Crippen molar-refractivity contribution in [2.75, 3.05) is 0 Å². The Hall–Kier alpha value is -4.88. The second-order valence-corrected chi connectivity index (χ2v) is 10.2. The van der Waals surface area contributed by atoms with Crippen molar-refractivity contribution in [2.45, 2.75) is 6.92 Å². The average molecular weight is 484 g/mol. The van der Waals surface area contributed by atoms with E-state index in [2.05, 4.69) is 145 Å². The molecule has 1 nitrogen and oxygen atoms in total. The second kappa shape index (κ2) is 8.06. The molecule has 1 heterocycles. The van der Waals surface area contributed by atoms with Crippen LogP contribution in [0, 0.1) is 6.92 Å². The molecular formula is C37H25N. The van der Waals surface area contributed by atoms with Gasteiger partial charge in [-0.25, -0.2) is 0 Å². The van der Waals surface area contributed by atoms with E-state index in [0.29, 0.717) is 0 Å². The highest BCUT2D eigenvalue weighted by molar-refractivity contribution is 6.10. The van der Waals surface area contributed by atoms with E-state index in [-0.39, 0.29) is 0 Å². The fraction of sp³-hybridized carbons (Fsp3) is 0.0270. The van der Waals surface area contributed by atoms with E-state index in [4.69, 9.17) is 0 Å². The molecule has 6 aromatic carbocycles. The molecule has 0 unspecified atom stereocenters. The average Bonchev–Trinajstić information content (AvgIpc) is 3.30. The van der Waals surface area contributed by atoms with Gasteiger partial charge in [-0.15, -0.1) is 0 Å². The van der Waals surface area contributed by atoms with Gasteiger partial charge < -0.3 is 4.57 Å². The number of para-hydroxylation sites is 1. The first-order valence-electron chi connectivity index (χ1n) is 13.2. The topological polar surface area (TPSA) is 4.93 Å². The van der Waals surface area contributed by atoms with E-state index >= 15 is 0 Å². The SMILES string of the molecule is Cc1ccc2c(c1)c1ccccc1n2-c1ccc2c(c1)-c1ccccc1-c1ccccc1-c1ccccc1-2. The molecule has 1 aromatic heterocycles. The molecule has 0 saturated heterocycles.